The fourth-order valence-electron chi connectivity index (χ4n) is 2.06. The van der Waals surface area contributed by atoms with E-state index < -0.39 is 5.91 Å². The van der Waals surface area contributed by atoms with E-state index in [1.165, 1.54) is 18.2 Å². The first-order chi connectivity index (χ1) is 12.1. The lowest BCUT2D eigenvalue weighted by molar-refractivity contribution is -0.116. The molecule has 0 unspecified atom stereocenters. The predicted molar refractivity (Wildman–Crippen MR) is 94.3 cm³/mol. The lowest BCUT2D eigenvalue weighted by Crippen LogP contribution is -2.32. The Morgan fingerprint density at radius 2 is 1.80 bits per heavy atom. The van der Waals surface area contributed by atoms with Gasteiger partial charge in [-0.3, -0.25) is 14.8 Å². The number of hydrogen-bond donors (Lipinski definition) is 3. The van der Waals surface area contributed by atoms with Crippen molar-refractivity contribution in [2.24, 2.45) is 0 Å². The van der Waals surface area contributed by atoms with Crippen LogP contribution in [0.15, 0.2) is 60.7 Å². The van der Waals surface area contributed by atoms with Crippen LogP contribution in [0.4, 0.5) is 0 Å². The zero-order chi connectivity index (χ0) is 18.1. The molecule has 2 amide bonds. The third-order valence-electron chi connectivity index (χ3n) is 3.35. The summed E-state index contributed by atoms with van der Waals surface area (Å²) < 4.78 is 5.66. The van der Waals surface area contributed by atoms with Gasteiger partial charge in [0.25, 0.3) is 5.91 Å². The molecule has 1 atom stereocenters. The van der Waals surface area contributed by atoms with E-state index in [0.717, 1.165) is 5.56 Å². The quantitative estimate of drug-likeness (QED) is 0.410. The molecule has 25 heavy (non-hydrogen) atoms. The summed E-state index contributed by atoms with van der Waals surface area (Å²) in [5.41, 5.74) is 2.84. The van der Waals surface area contributed by atoms with Crippen molar-refractivity contribution in [2.75, 3.05) is 6.54 Å². The molecule has 0 radical (unpaired) electrons. The SMILES string of the molecule is C[C@H](CNC(=O)/C=C/c1ccccc1)Oc1ccc(C(=O)NO)cc1. The van der Waals surface area contributed by atoms with Crippen LogP contribution >= 0.6 is 0 Å². The van der Waals surface area contributed by atoms with Gasteiger partial charge in [0.15, 0.2) is 0 Å². The fourth-order valence-corrected chi connectivity index (χ4v) is 2.06. The molecule has 0 bridgehead atoms. The number of ether oxygens (including phenoxy) is 1. The van der Waals surface area contributed by atoms with Crippen molar-refractivity contribution in [3.63, 3.8) is 0 Å². The van der Waals surface area contributed by atoms with E-state index in [1.54, 1.807) is 23.7 Å². The van der Waals surface area contributed by atoms with E-state index in [4.69, 9.17) is 9.94 Å². The van der Waals surface area contributed by atoms with Gasteiger partial charge in [0.2, 0.25) is 5.91 Å². The average Bonchev–Trinajstić information content (AvgIpc) is 2.65. The van der Waals surface area contributed by atoms with Crippen molar-refractivity contribution in [1.29, 1.82) is 0 Å². The van der Waals surface area contributed by atoms with Crippen LogP contribution in [-0.2, 0) is 4.79 Å². The Hall–Kier alpha value is -3.12. The molecule has 0 saturated heterocycles. The Morgan fingerprint density at radius 1 is 1.12 bits per heavy atom. The van der Waals surface area contributed by atoms with E-state index in [1.807, 2.05) is 37.3 Å². The normalized spacial score (nSPS) is 11.8. The summed E-state index contributed by atoms with van der Waals surface area (Å²) >= 11 is 0. The summed E-state index contributed by atoms with van der Waals surface area (Å²) in [5, 5.41) is 11.3. The summed E-state index contributed by atoms with van der Waals surface area (Å²) in [6.07, 6.45) is 2.97. The first-order valence-corrected chi connectivity index (χ1v) is 7.80. The summed E-state index contributed by atoms with van der Waals surface area (Å²) in [7, 11) is 0. The van der Waals surface area contributed by atoms with Gasteiger partial charge in [-0.25, -0.2) is 5.48 Å². The second-order valence-electron chi connectivity index (χ2n) is 5.38. The number of rotatable bonds is 7. The Morgan fingerprint density at radius 3 is 2.44 bits per heavy atom. The Bertz CT molecular complexity index is 727. The van der Waals surface area contributed by atoms with E-state index in [2.05, 4.69) is 5.32 Å². The monoisotopic (exact) mass is 340 g/mol. The van der Waals surface area contributed by atoms with Crippen LogP contribution in [0.5, 0.6) is 5.75 Å². The third kappa shape index (κ3) is 6.12. The fraction of sp³-hybridized carbons (Fsp3) is 0.158. The second-order valence-corrected chi connectivity index (χ2v) is 5.38. The molecule has 0 heterocycles. The van der Waals surface area contributed by atoms with Gasteiger partial charge in [-0.1, -0.05) is 30.3 Å². The van der Waals surface area contributed by atoms with Gasteiger partial charge in [-0.2, -0.15) is 0 Å². The lowest BCUT2D eigenvalue weighted by Gasteiger charge is -2.15. The van der Waals surface area contributed by atoms with Crippen molar-refractivity contribution in [3.05, 3.63) is 71.8 Å². The van der Waals surface area contributed by atoms with Gasteiger partial charge in [-0.05, 0) is 42.8 Å². The van der Waals surface area contributed by atoms with E-state index in [9.17, 15) is 9.59 Å². The minimum atomic E-state index is -0.586. The van der Waals surface area contributed by atoms with Gasteiger partial charge < -0.3 is 10.1 Å². The first kappa shape index (κ1) is 18.2. The molecule has 0 aliphatic rings. The molecule has 0 aliphatic heterocycles. The number of carbonyl (C=O) groups excluding carboxylic acids is 2. The highest BCUT2D eigenvalue weighted by molar-refractivity contribution is 5.93. The number of hydrogen-bond acceptors (Lipinski definition) is 4. The molecule has 0 fully saturated rings. The smallest absolute Gasteiger partial charge is 0.274 e. The molecule has 2 aromatic rings. The number of benzene rings is 2. The van der Waals surface area contributed by atoms with Gasteiger partial charge in [0.05, 0.1) is 6.54 Å². The maximum Gasteiger partial charge on any atom is 0.274 e. The first-order valence-electron chi connectivity index (χ1n) is 7.80. The lowest BCUT2D eigenvalue weighted by atomic mass is 10.2. The van der Waals surface area contributed by atoms with Crippen LogP contribution in [0.25, 0.3) is 6.08 Å². The van der Waals surface area contributed by atoms with E-state index in [0.29, 0.717) is 17.9 Å². The highest BCUT2D eigenvalue weighted by atomic mass is 16.5. The van der Waals surface area contributed by atoms with Crippen molar-refractivity contribution < 1.29 is 19.5 Å². The van der Waals surface area contributed by atoms with Crippen molar-refractivity contribution in [3.8, 4) is 5.75 Å². The number of carbonyl (C=O) groups is 2. The molecule has 2 aromatic carbocycles. The standard InChI is InChI=1S/C19H20N2O4/c1-14(25-17-10-8-16(9-11-17)19(23)21-24)13-20-18(22)12-7-15-5-3-2-4-6-15/h2-12,14,24H,13H2,1H3,(H,20,22)(H,21,23)/b12-7+/t14-/m1/s1. The molecule has 130 valence electrons. The summed E-state index contributed by atoms with van der Waals surface area (Å²) in [6.45, 7) is 2.17. The Kier molecular flexibility index (Phi) is 6.74. The molecule has 0 aliphatic carbocycles. The number of hydroxylamine groups is 1. The summed E-state index contributed by atoms with van der Waals surface area (Å²) in [6, 6.07) is 15.9. The van der Waals surface area contributed by atoms with Crippen LogP contribution in [0.3, 0.4) is 0 Å². The number of amides is 2. The van der Waals surface area contributed by atoms with Crippen molar-refractivity contribution in [2.45, 2.75) is 13.0 Å². The zero-order valence-corrected chi connectivity index (χ0v) is 13.8. The predicted octanol–water partition coefficient (Wildman–Crippen LogP) is 2.40. The maximum atomic E-state index is 11.8. The van der Waals surface area contributed by atoms with Crippen LogP contribution in [0.1, 0.15) is 22.8 Å². The van der Waals surface area contributed by atoms with Crippen LogP contribution in [0, 0.1) is 0 Å². The maximum absolute atomic E-state index is 11.8. The molecule has 0 aromatic heterocycles. The topological polar surface area (TPSA) is 87.7 Å². The van der Waals surface area contributed by atoms with E-state index >= 15 is 0 Å². The highest BCUT2D eigenvalue weighted by Gasteiger charge is 2.07. The van der Waals surface area contributed by atoms with Gasteiger partial charge in [0, 0.05) is 11.6 Å². The van der Waals surface area contributed by atoms with Crippen LogP contribution < -0.4 is 15.5 Å². The molecule has 6 nitrogen and oxygen atoms in total. The molecule has 3 N–H and O–H groups in total. The average molecular weight is 340 g/mol. The zero-order valence-electron chi connectivity index (χ0n) is 13.8. The molecular formula is C19H20N2O4. The van der Waals surface area contributed by atoms with Crippen molar-refractivity contribution in [1.82, 2.24) is 10.8 Å². The van der Waals surface area contributed by atoms with Crippen molar-refractivity contribution >= 4 is 17.9 Å². The molecule has 2 rings (SSSR count). The molecule has 0 saturated carbocycles. The summed E-state index contributed by atoms with van der Waals surface area (Å²) in [5.74, 6) is -0.220. The molecule has 0 spiro atoms. The minimum Gasteiger partial charge on any atom is -0.489 e. The third-order valence-corrected chi connectivity index (χ3v) is 3.35. The minimum absolute atomic E-state index is 0.200. The Balaban J connectivity index is 1.78. The second kappa shape index (κ2) is 9.24. The van der Waals surface area contributed by atoms with Gasteiger partial charge in [0.1, 0.15) is 11.9 Å². The van der Waals surface area contributed by atoms with Gasteiger partial charge >= 0.3 is 0 Å². The van der Waals surface area contributed by atoms with Gasteiger partial charge in [-0.15, -0.1) is 0 Å². The van der Waals surface area contributed by atoms with E-state index in [-0.39, 0.29) is 12.0 Å². The Labute approximate surface area is 146 Å². The largest absolute Gasteiger partial charge is 0.489 e. The van der Waals surface area contributed by atoms with Crippen LogP contribution in [-0.4, -0.2) is 29.7 Å². The number of nitrogens with one attached hydrogen (secondary N) is 2. The summed E-state index contributed by atoms with van der Waals surface area (Å²) in [4.78, 5) is 23.0. The highest BCUT2D eigenvalue weighted by Crippen LogP contribution is 2.13. The molecular weight excluding hydrogens is 320 g/mol. The van der Waals surface area contributed by atoms with Crippen LogP contribution in [0.2, 0.25) is 0 Å². The molecule has 6 heteroatoms.